The number of nitrogens with zero attached hydrogens (tertiary/aromatic N) is 1. The fourth-order valence-corrected chi connectivity index (χ4v) is 1.76. The van der Waals surface area contributed by atoms with Crippen molar-refractivity contribution < 1.29 is 13.2 Å². The molecule has 0 aromatic heterocycles. The molecule has 0 aliphatic heterocycles. The number of nitriles is 1. The number of rotatable bonds is 10. The van der Waals surface area contributed by atoms with Crippen molar-refractivity contribution in [3.8, 4) is 6.07 Å². The van der Waals surface area contributed by atoms with E-state index in [1.54, 1.807) is 0 Å². The van der Waals surface area contributed by atoms with Gasteiger partial charge in [-0.1, -0.05) is 51.9 Å². The summed E-state index contributed by atoms with van der Waals surface area (Å²) in [5.41, 5.74) is 0. The lowest BCUT2D eigenvalue weighted by Crippen LogP contribution is -2.36. The van der Waals surface area contributed by atoms with E-state index in [0.29, 0.717) is 6.42 Å². The second-order valence-electron chi connectivity index (χ2n) is 4.59. The predicted octanol–water partition coefficient (Wildman–Crippen LogP) is 4.17. The van der Waals surface area contributed by atoms with E-state index in [2.05, 4.69) is 12.2 Å². The van der Waals surface area contributed by atoms with Crippen LogP contribution < -0.4 is 5.32 Å². The van der Waals surface area contributed by atoms with Gasteiger partial charge in [0.25, 0.3) is 0 Å². The molecule has 2 nitrogen and oxygen atoms in total. The number of alkyl halides is 3. The minimum absolute atomic E-state index is 0.500. The normalized spacial score (nSPS) is 13.3. The molecule has 5 heteroatoms. The van der Waals surface area contributed by atoms with Crippen LogP contribution in [0.15, 0.2) is 0 Å². The summed E-state index contributed by atoms with van der Waals surface area (Å²) < 4.78 is 35.8. The summed E-state index contributed by atoms with van der Waals surface area (Å²) in [7, 11) is 0. The molecule has 1 atom stereocenters. The Kier molecular flexibility index (Phi) is 9.76. The SMILES string of the molecule is CCCCCCCCCC(C#N)NCC(F)(F)F. The minimum Gasteiger partial charge on any atom is -0.294 e. The smallest absolute Gasteiger partial charge is 0.294 e. The molecule has 18 heavy (non-hydrogen) atoms. The van der Waals surface area contributed by atoms with Crippen LogP contribution in [-0.2, 0) is 0 Å². The van der Waals surface area contributed by atoms with Crippen LogP contribution in [0.5, 0.6) is 0 Å². The molecule has 0 saturated heterocycles. The monoisotopic (exact) mass is 264 g/mol. The lowest BCUT2D eigenvalue weighted by atomic mass is 10.1. The maximum atomic E-state index is 11.9. The fraction of sp³-hybridized carbons (Fsp3) is 0.923. The third-order valence-electron chi connectivity index (χ3n) is 2.80. The Hall–Kier alpha value is -0.760. The van der Waals surface area contributed by atoms with Crippen LogP contribution in [0.4, 0.5) is 13.2 Å². The van der Waals surface area contributed by atoms with Crippen molar-refractivity contribution in [3.05, 3.63) is 0 Å². The Morgan fingerprint density at radius 3 is 2.11 bits per heavy atom. The van der Waals surface area contributed by atoms with Crippen LogP contribution in [0.2, 0.25) is 0 Å². The molecule has 0 aliphatic carbocycles. The summed E-state index contributed by atoms with van der Waals surface area (Å²) in [5.74, 6) is 0. The summed E-state index contributed by atoms with van der Waals surface area (Å²) in [6, 6.07) is 1.20. The van der Waals surface area contributed by atoms with Gasteiger partial charge in [-0.05, 0) is 6.42 Å². The largest absolute Gasteiger partial charge is 0.401 e. The van der Waals surface area contributed by atoms with Gasteiger partial charge in [-0.15, -0.1) is 0 Å². The molecule has 0 radical (unpaired) electrons. The van der Waals surface area contributed by atoms with E-state index >= 15 is 0 Å². The highest BCUT2D eigenvalue weighted by atomic mass is 19.4. The van der Waals surface area contributed by atoms with Gasteiger partial charge in [0.05, 0.1) is 18.7 Å². The average molecular weight is 264 g/mol. The standard InChI is InChI=1S/C13H23F3N2/c1-2-3-4-5-6-7-8-9-12(10-17)18-11-13(14,15)16/h12,18H,2-9,11H2,1H3. The van der Waals surface area contributed by atoms with Gasteiger partial charge in [0.2, 0.25) is 0 Å². The van der Waals surface area contributed by atoms with Crippen LogP contribution in [-0.4, -0.2) is 18.8 Å². The first kappa shape index (κ1) is 17.2. The van der Waals surface area contributed by atoms with Crippen LogP contribution in [0.3, 0.4) is 0 Å². The first-order chi connectivity index (χ1) is 8.49. The molecule has 0 rings (SSSR count). The Morgan fingerprint density at radius 1 is 1.06 bits per heavy atom. The van der Waals surface area contributed by atoms with E-state index in [1.165, 1.54) is 25.7 Å². The molecular weight excluding hydrogens is 241 g/mol. The minimum atomic E-state index is -4.24. The number of halogens is 3. The first-order valence-electron chi connectivity index (χ1n) is 6.69. The summed E-state index contributed by atoms with van der Waals surface area (Å²) in [5, 5.41) is 11.0. The van der Waals surface area contributed by atoms with Crippen molar-refractivity contribution in [2.45, 2.75) is 70.5 Å². The topological polar surface area (TPSA) is 35.8 Å². The van der Waals surface area contributed by atoms with Crippen LogP contribution in [0.25, 0.3) is 0 Å². The van der Waals surface area contributed by atoms with Gasteiger partial charge in [-0.2, -0.15) is 18.4 Å². The highest BCUT2D eigenvalue weighted by molar-refractivity contribution is 4.89. The zero-order chi connectivity index (χ0) is 13.9. The number of unbranched alkanes of at least 4 members (excludes halogenated alkanes) is 6. The predicted molar refractivity (Wildman–Crippen MR) is 66.1 cm³/mol. The van der Waals surface area contributed by atoms with Crippen LogP contribution in [0.1, 0.15) is 58.3 Å². The molecule has 1 N–H and O–H groups in total. The second kappa shape index (κ2) is 10.2. The fourth-order valence-electron chi connectivity index (χ4n) is 1.76. The molecular formula is C13H23F3N2. The van der Waals surface area contributed by atoms with Gasteiger partial charge in [-0.3, -0.25) is 5.32 Å². The van der Waals surface area contributed by atoms with Crippen molar-refractivity contribution >= 4 is 0 Å². The van der Waals surface area contributed by atoms with Gasteiger partial charge in [0, 0.05) is 0 Å². The number of nitrogens with one attached hydrogen (secondary N) is 1. The van der Waals surface area contributed by atoms with Crippen molar-refractivity contribution in [1.82, 2.24) is 5.32 Å². The second-order valence-corrected chi connectivity index (χ2v) is 4.59. The summed E-state index contributed by atoms with van der Waals surface area (Å²) in [6.07, 6.45) is 4.04. The summed E-state index contributed by atoms with van der Waals surface area (Å²) in [4.78, 5) is 0. The summed E-state index contributed by atoms with van der Waals surface area (Å²) >= 11 is 0. The lowest BCUT2D eigenvalue weighted by molar-refractivity contribution is -0.125. The Bertz CT molecular complexity index is 233. The Labute approximate surface area is 108 Å². The highest BCUT2D eigenvalue weighted by Gasteiger charge is 2.27. The van der Waals surface area contributed by atoms with Crippen molar-refractivity contribution in [1.29, 1.82) is 5.26 Å². The Balaban J connectivity index is 3.48. The van der Waals surface area contributed by atoms with E-state index in [0.717, 1.165) is 19.3 Å². The van der Waals surface area contributed by atoms with Gasteiger partial charge < -0.3 is 0 Å². The van der Waals surface area contributed by atoms with E-state index in [9.17, 15) is 13.2 Å². The van der Waals surface area contributed by atoms with E-state index < -0.39 is 18.8 Å². The molecule has 0 fully saturated rings. The van der Waals surface area contributed by atoms with Gasteiger partial charge in [0.1, 0.15) is 0 Å². The third kappa shape index (κ3) is 11.7. The molecule has 0 aliphatic rings. The maximum Gasteiger partial charge on any atom is 0.401 e. The Morgan fingerprint density at radius 2 is 1.61 bits per heavy atom. The molecule has 0 amide bonds. The average Bonchev–Trinajstić information content (AvgIpc) is 2.30. The zero-order valence-corrected chi connectivity index (χ0v) is 11.0. The van der Waals surface area contributed by atoms with E-state index in [-0.39, 0.29) is 0 Å². The van der Waals surface area contributed by atoms with E-state index in [1.807, 2.05) is 6.07 Å². The molecule has 0 spiro atoms. The molecule has 106 valence electrons. The molecule has 0 saturated carbocycles. The first-order valence-corrected chi connectivity index (χ1v) is 6.69. The number of hydrogen-bond acceptors (Lipinski definition) is 2. The van der Waals surface area contributed by atoms with Crippen molar-refractivity contribution in [2.24, 2.45) is 0 Å². The maximum absolute atomic E-state index is 11.9. The number of hydrogen-bond donors (Lipinski definition) is 1. The van der Waals surface area contributed by atoms with Crippen LogP contribution >= 0.6 is 0 Å². The van der Waals surface area contributed by atoms with Gasteiger partial charge in [0.15, 0.2) is 0 Å². The highest BCUT2D eigenvalue weighted by Crippen LogP contribution is 2.14. The van der Waals surface area contributed by atoms with Gasteiger partial charge >= 0.3 is 6.18 Å². The molecule has 0 heterocycles. The third-order valence-corrected chi connectivity index (χ3v) is 2.80. The van der Waals surface area contributed by atoms with Gasteiger partial charge in [-0.25, -0.2) is 0 Å². The molecule has 0 aromatic rings. The molecule has 1 unspecified atom stereocenters. The molecule has 0 aromatic carbocycles. The van der Waals surface area contributed by atoms with Crippen molar-refractivity contribution in [3.63, 3.8) is 0 Å². The van der Waals surface area contributed by atoms with Crippen LogP contribution in [0, 0.1) is 11.3 Å². The zero-order valence-electron chi connectivity index (χ0n) is 11.0. The lowest BCUT2D eigenvalue weighted by Gasteiger charge is -2.13. The quantitative estimate of drug-likeness (QED) is 0.601. The van der Waals surface area contributed by atoms with E-state index in [4.69, 9.17) is 5.26 Å². The summed E-state index contributed by atoms with van der Waals surface area (Å²) in [6.45, 7) is 1.07. The molecule has 0 bridgehead atoms. The van der Waals surface area contributed by atoms with Crippen molar-refractivity contribution in [2.75, 3.05) is 6.54 Å².